The molecule has 0 spiro atoms. The van der Waals surface area contributed by atoms with Gasteiger partial charge in [-0.15, -0.1) is 0 Å². The average Bonchev–Trinajstić information content (AvgIpc) is 2.01. The standard InChI is InChI=1S/C9H7BrF2O/c1-9(11,12)8(13)6-3-2-4-7(10)5-6/h2-5H,1H3. The van der Waals surface area contributed by atoms with Gasteiger partial charge in [-0.25, -0.2) is 0 Å². The zero-order valence-corrected chi connectivity index (χ0v) is 8.44. The Kier molecular flexibility index (Phi) is 2.81. The highest BCUT2D eigenvalue weighted by molar-refractivity contribution is 9.10. The summed E-state index contributed by atoms with van der Waals surface area (Å²) in [6, 6.07) is 5.96. The molecule has 0 amide bonds. The summed E-state index contributed by atoms with van der Waals surface area (Å²) in [6.07, 6.45) is 0. The highest BCUT2D eigenvalue weighted by atomic mass is 79.9. The van der Waals surface area contributed by atoms with E-state index in [9.17, 15) is 13.6 Å². The first-order chi connectivity index (χ1) is 5.91. The molecule has 0 atom stereocenters. The van der Waals surface area contributed by atoms with Crippen LogP contribution in [0.15, 0.2) is 28.7 Å². The quantitative estimate of drug-likeness (QED) is 0.735. The van der Waals surface area contributed by atoms with Crippen LogP contribution >= 0.6 is 15.9 Å². The minimum atomic E-state index is -3.30. The highest BCUT2D eigenvalue weighted by Crippen LogP contribution is 2.21. The van der Waals surface area contributed by atoms with Gasteiger partial charge in [0.05, 0.1) is 0 Å². The maximum atomic E-state index is 12.6. The summed E-state index contributed by atoms with van der Waals surface area (Å²) < 4.78 is 25.8. The van der Waals surface area contributed by atoms with Gasteiger partial charge in [-0.2, -0.15) is 8.78 Å². The molecule has 1 nitrogen and oxygen atoms in total. The van der Waals surface area contributed by atoms with Crippen LogP contribution in [0, 0.1) is 0 Å². The summed E-state index contributed by atoms with van der Waals surface area (Å²) in [4.78, 5) is 11.0. The normalized spacial score (nSPS) is 11.4. The first-order valence-electron chi connectivity index (χ1n) is 3.59. The molecule has 0 aromatic heterocycles. The Bertz CT molecular complexity index is 331. The summed E-state index contributed by atoms with van der Waals surface area (Å²) in [5.41, 5.74) is 0.0156. The van der Waals surface area contributed by atoms with Crippen molar-refractivity contribution in [2.24, 2.45) is 0 Å². The fourth-order valence-corrected chi connectivity index (χ4v) is 1.28. The summed E-state index contributed by atoms with van der Waals surface area (Å²) >= 11 is 3.10. The second-order valence-electron chi connectivity index (χ2n) is 2.73. The van der Waals surface area contributed by atoms with E-state index in [1.165, 1.54) is 12.1 Å². The van der Waals surface area contributed by atoms with Crippen LogP contribution < -0.4 is 0 Å². The zero-order valence-electron chi connectivity index (χ0n) is 6.85. The van der Waals surface area contributed by atoms with Crippen LogP contribution in [-0.4, -0.2) is 11.7 Å². The molecule has 0 fully saturated rings. The van der Waals surface area contributed by atoms with Gasteiger partial charge >= 0.3 is 5.92 Å². The SMILES string of the molecule is CC(F)(F)C(=O)c1cccc(Br)c1. The van der Waals surface area contributed by atoms with E-state index in [1.807, 2.05) is 0 Å². The topological polar surface area (TPSA) is 17.1 Å². The second kappa shape index (κ2) is 3.54. The minimum absolute atomic E-state index is 0.0156. The van der Waals surface area contributed by atoms with Gasteiger partial charge in [0.25, 0.3) is 0 Å². The Labute approximate surface area is 82.9 Å². The molecule has 0 bridgehead atoms. The number of benzene rings is 1. The van der Waals surface area contributed by atoms with E-state index in [2.05, 4.69) is 15.9 Å². The van der Waals surface area contributed by atoms with Crippen molar-refractivity contribution in [1.29, 1.82) is 0 Å². The molecule has 70 valence electrons. The molecule has 1 aromatic rings. The number of halogens is 3. The van der Waals surface area contributed by atoms with Crippen molar-refractivity contribution in [1.82, 2.24) is 0 Å². The molecule has 0 aliphatic carbocycles. The average molecular weight is 249 g/mol. The van der Waals surface area contributed by atoms with Gasteiger partial charge in [-0.3, -0.25) is 4.79 Å². The van der Waals surface area contributed by atoms with E-state index < -0.39 is 11.7 Å². The molecule has 1 aromatic carbocycles. The van der Waals surface area contributed by atoms with E-state index >= 15 is 0 Å². The number of hydrogen-bond acceptors (Lipinski definition) is 1. The number of carbonyl (C=O) groups is 1. The third-order valence-electron chi connectivity index (χ3n) is 1.49. The van der Waals surface area contributed by atoms with Gasteiger partial charge < -0.3 is 0 Å². The summed E-state index contributed by atoms with van der Waals surface area (Å²) in [5.74, 6) is -4.46. The van der Waals surface area contributed by atoms with Crippen LogP contribution in [0.2, 0.25) is 0 Å². The van der Waals surface area contributed by atoms with Gasteiger partial charge in [0.2, 0.25) is 5.78 Å². The Balaban J connectivity index is 3.03. The lowest BCUT2D eigenvalue weighted by Gasteiger charge is -2.08. The maximum Gasteiger partial charge on any atom is 0.307 e. The van der Waals surface area contributed by atoms with Crippen LogP contribution in [0.4, 0.5) is 8.78 Å². The number of alkyl halides is 2. The lowest BCUT2D eigenvalue weighted by molar-refractivity contribution is 0.0221. The first kappa shape index (κ1) is 10.3. The number of rotatable bonds is 2. The highest BCUT2D eigenvalue weighted by Gasteiger charge is 2.32. The summed E-state index contributed by atoms with van der Waals surface area (Å²) in [5, 5.41) is 0. The monoisotopic (exact) mass is 248 g/mol. The van der Waals surface area contributed by atoms with E-state index in [0.29, 0.717) is 11.4 Å². The van der Waals surface area contributed by atoms with Gasteiger partial charge in [-0.05, 0) is 12.1 Å². The fraction of sp³-hybridized carbons (Fsp3) is 0.222. The number of ketones is 1. The van der Waals surface area contributed by atoms with E-state index in [1.54, 1.807) is 12.1 Å². The van der Waals surface area contributed by atoms with Crippen molar-refractivity contribution in [2.75, 3.05) is 0 Å². The van der Waals surface area contributed by atoms with Crippen LogP contribution in [0.25, 0.3) is 0 Å². The fourth-order valence-electron chi connectivity index (χ4n) is 0.883. The molecule has 4 heteroatoms. The third-order valence-corrected chi connectivity index (χ3v) is 1.98. The molecule has 13 heavy (non-hydrogen) atoms. The Morgan fingerprint density at radius 3 is 2.54 bits per heavy atom. The van der Waals surface area contributed by atoms with Crippen molar-refractivity contribution < 1.29 is 13.6 Å². The van der Waals surface area contributed by atoms with Gasteiger partial charge in [-0.1, -0.05) is 28.1 Å². The van der Waals surface area contributed by atoms with Crippen molar-refractivity contribution in [3.05, 3.63) is 34.3 Å². The van der Waals surface area contributed by atoms with E-state index in [4.69, 9.17) is 0 Å². The molecule has 0 unspecified atom stereocenters. The Morgan fingerprint density at radius 2 is 2.08 bits per heavy atom. The molecule has 0 saturated heterocycles. The van der Waals surface area contributed by atoms with Crippen molar-refractivity contribution in [2.45, 2.75) is 12.8 Å². The zero-order chi connectivity index (χ0) is 10.1. The summed E-state index contributed by atoms with van der Waals surface area (Å²) in [7, 11) is 0. The maximum absolute atomic E-state index is 12.6. The molecule has 0 N–H and O–H groups in total. The van der Waals surface area contributed by atoms with Crippen LogP contribution in [-0.2, 0) is 0 Å². The predicted molar refractivity (Wildman–Crippen MR) is 49.1 cm³/mol. The molecular weight excluding hydrogens is 242 g/mol. The molecule has 0 saturated carbocycles. The second-order valence-corrected chi connectivity index (χ2v) is 3.64. The Morgan fingerprint density at radius 1 is 1.46 bits per heavy atom. The van der Waals surface area contributed by atoms with Gasteiger partial charge in [0, 0.05) is 17.0 Å². The predicted octanol–water partition coefficient (Wildman–Crippen LogP) is 3.29. The van der Waals surface area contributed by atoms with Gasteiger partial charge in [0.15, 0.2) is 0 Å². The first-order valence-corrected chi connectivity index (χ1v) is 4.39. The number of carbonyl (C=O) groups excluding carboxylic acids is 1. The largest absolute Gasteiger partial charge is 0.307 e. The lowest BCUT2D eigenvalue weighted by Crippen LogP contribution is -2.24. The van der Waals surface area contributed by atoms with Crippen molar-refractivity contribution in [3.63, 3.8) is 0 Å². The van der Waals surface area contributed by atoms with Crippen LogP contribution in [0.1, 0.15) is 17.3 Å². The molecular formula is C9H7BrF2O. The van der Waals surface area contributed by atoms with Crippen molar-refractivity contribution in [3.8, 4) is 0 Å². The lowest BCUT2D eigenvalue weighted by atomic mass is 10.1. The number of Topliss-reactive ketones (excluding diaryl/α,β-unsaturated/α-hetero) is 1. The molecule has 1 rings (SSSR count). The molecule has 0 radical (unpaired) electrons. The molecule has 0 aliphatic heterocycles. The van der Waals surface area contributed by atoms with Crippen LogP contribution in [0.3, 0.4) is 0 Å². The van der Waals surface area contributed by atoms with Crippen molar-refractivity contribution >= 4 is 21.7 Å². The van der Waals surface area contributed by atoms with E-state index in [0.717, 1.165) is 0 Å². The summed E-state index contributed by atoms with van der Waals surface area (Å²) in [6.45, 7) is 0.593. The van der Waals surface area contributed by atoms with Gasteiger partial charge in [0.1, 0.15) is 0 Å². The third kappa shape index (κ3) is 2.59. The smallest absolute Gasteiger partial charge is 0.287 e. The van der Waals surface area contributed by atoms with E-state index in [-0.39, 0.29) is 5.56 Å². The molecule has 0 aliphatic rings. The molecule has 0 heterocycles. The van der Waals surface area contributed by atoms with Crippen LogP contribution in [0.5, 0.6) is 0 Å². The number of hydrogen-bond donors (Lipinski definition) is 0. The minimum Gasteiger partial charge on any atom is -0.287 e. The Hall–Kier alpha value is -0.770.